The zero-order valence-corrected chi connectivity index (χ0v) is 20.8. The Morgan fingerprint density at radius 2 is 1.48 bits per heavy atom. The van der Waals surface area contributed by atoms with Crippen molar-refractivity contribution in [1.29, 1.82) is 0 Å². The Hall–Kier alpha value is -0.790. The van der Waals surface area contributed by atoms with Gasteiger partial charge < -0.3 is 5.11 Å². The van der Waals surface area contributed by atoms with Crippen LogP contribution >= 0.6 is 0 Å². The van der Waals surface area contributed by atoms with Crippen molar-refractivity contribution in [2.24, 2.45) is 63.6 Å². The average Bonchev–Trinajstić information content (AvgIpc) is 3.13. The Bertz CT molecular complexity index is 771. The maximum Gasteiger partial charge on any atom is 0.309 e. The summed E-state index contributed by atoms with van der Waals surface area (Å²) in [7, 11) is 0. The third kappa shape index (κ3) is 2.78. The van der Waals surface area contributed by atoms with Gasteiger partial charge in [-0.1, -0.05) is 39.8 Å². The molecule has 5 aliphatic rings. The van der Waals surface area contributed by atoms with Gasteiger partial charge in [0.1, 0.15) is 0 Å². The Morgan fingerprint density at radius 3 is 2.16 bits per heavy atom. The van der Waals surface area contributed by atoms with Gasteiger partial charge in [-0.15, -0.1) is 0 Å². The summed E-state index contributed by atoms with van der Waals surface area (Å²) in [4.78, 5) is 12.6. The Balaban J connectivity index is 1.51. The second kappa shape index (κ2) is 7.10. The summed E-state index contributed by atoms with van der Waals surface area (Å²) in [6.45, 7) is 16.8. The molecular formula is C29H46O2. The molecule has 0 amide bonds. The standard InChI is InChI=1S/C29H46O2/c1-17(2)20-10-15-29(26(30)31)16-12-23-21(25(20)29)7-8-24-27(5)13-9-18(3)19(4)22(27)11-14-28(23,24)6/h18-25H,1,7-16H2,2-6H3,(H,30,31)/t18-,19-,20?,21?,22?,23?,24?,25?,27-,28-,29-/m0/s1. The van der Waals surface area contributed by atoms with Crippen molar-refractivity contribution < 1.29 is 9.90 Å². The lowest BCUT2D eigenvalue weighted by Crippen LogP contribution is -2.61. The maximum atomic E-state index is 12.6. The molecule has 1 N–H and O–H groups in total. The smallest absolute Gasteiger partial charge is 0.309 e. The highest BCUT2D eigenvalue weighted by Crippen LogP contribution is 2.72. The molecule has 0 saturated heterocycles. The van der Waals surface area contributed by atoms with Gasteiger partial charge in [-0.2, -0.15) is 0 Å². The minimum atomic E-state index is -0.502. The summed E-state index contributed by atoms with van der Waals surface area (Å²) in [6.07, 6.45) is 12.2. The summed E-state index contributed by atoms with van der Waals surface area (Å²) in [5, 5.41) is 10.4. The van der Waals surface area contributed by atoms with E-state index in [1.165, 1.54) is 44.1 Å². The third-order valence-corrected chi connectivity index (χ3v) is 12.7. The quantitative estimate of drug-likeness (QED) is 0.462. The molecule has 5 saturated carbocycles. The highest BCUT2D eigenvalue weighted by atomic mass is 16.4. The van der Waals surface area contributed by atoms with E-state index in [2.05, 4.69) is 41.2 Å². The highest BCUT2D eigenvalue weighted by Gasteiger charge is 2.67. The van der Waals surface area contributed by atoms with Crippen LogP contribution in [0.4, 0.5) is 0 Å². The van der Waals surface area contributed by atoms with Crippen LogP contribution in [0.1, 0.15) is 98.8 Å². The van der Waals surface area contributed by atoms with E-state index in [9.17, 15) is 9.90 Å². The first-order valence-electron chi connectivity index (χ1n) is 13.4. The van der Waals surface area contributed by atoms with Crippen molar-refractivity contribution in [1.82, 2.24) is 0 Å². The number of fused-ring (bicyclic) bond motifs is 7. The lowest BCUT2D eigenvalue weighted by atomic mass is 9.37. The summed E-state index contributed by atoms with van der Waals surface area (Å²) in [5.74, 6) is 5.01. The van der Waals surface area contributed by atoms with Crippen LogP contribution in [0.3, 0.4) is 0 Å². The minimum Gasteiger partial charge on any atom is -0.481 e. The van der Waals surface area contributed by atoms with E-state index in [0.717, 1.165) is 55.3 Å². The molecule has 5 fully saturated rings. The van der Waals surface area contributed by atoms with Crippen LogP contribution in [-0.4, -0.2) is 11.1 Å². The number of hydrogen-bond acceptors (Lipinski definition) is 1. The molecule has 0 aromatic heterocycles. The van der Waals surface area contributed by atoms with Gasteiger partial charge in [-0.3, -0.25) is 4.79 Å². The minimum absolute atomic E-state index is 0.329. The normalized spacial score (nSPS) is 56.0. The van der Waals surface area contributed by atoms with Gasteiger partial charge in [0.15, 0.2) is 0 Å². The highest BCUT2D eigenvalue weighted by molar-refractivity contribution is 5.76. The van der Waals surface area contributed by atoms with Gasteiger partial charge in [0, 0.05) is 0 Å². The van der Waals surface area contributed by atoms with Crippen LogP contribution in [0.25, 0.3) is 0 Å². The number of carboxylic acids is 1. The molecule has 5 aliphatic carbocycles. The molecule has 0 aliphatic heterocycles. The topological polar surface area (TPSA) is 37.3 Å². The van der Waals surface area contributed by atoms with Crippen molar-refractivity contribution in [2.45, 2.75) is 98.8 Å². The first-order valence-corrected chi connectivity index (χ1v) is 13.4. The van der Waals surface area contributed by atoms with Crippen LogP contribution in [0, 0.1) is 63.6 Å². The molecule has 6 unspecified atom stereocenters. The fraction of sp³-hybridized carbons (Fsp3) is 0.897. The van der Waals surface area contributed by atoms with Gasteiger partial charge >= 0.3 is 5.97 Å². The number of rotatable bonds is 2. The van der Waals surface area contributed by atoms with Gasteiger partial charge in [0.05, 0.1) is 5.41 Å². The van der Waals surface area contributed by atoms with Gasteiger partial charge in [0.2, 0.25) is 0 Å². The van der Waals surface area contributed by atoms with Crippen molar-refractivity contribution in [3.05, 3.63) is 12.2 Å². The van der Waals surface area contributed by atoms with Gasteiger partial charge in [-0.25, -0.2) is 0 Å². The Labute approximate surface area is 190 Å². The number of carboxylic acid groups (broad SMARTS) is 1. The molecule has 11 atom stereocenters. The molecular weight excluding hydrogens is 380 g/mol. The molecule has 0 radical (unpaired) electrons. The van der Waals surface area contributed by atoms with E-state index in [1.54, 1.807) is 0 Å². The summed E-state index contributed by atoms with van der Waals surface area (Å²) in [6, 6.07) is 0. The molecule has 0 aromatic carbocycles. The fourth-order valence-corrected chi connectivity index (χ4v) is 11.0. The van der Waals surface area contributed by atoms with Crippen molar-refractivity contribution in [3.63, 3.8) is 0 Å². The zero-order valence-electron chi connectivity index (χ0n) is 20.8. The number of aliphatic carboxylic acids is 1. The molecule has 2 heteroatoms. The second-order valence-electron chi connectivity index (χ2n) is 13.4. The number of hydrogen-bond donors (Lipinski definition) is 1. The number of carbonyl (C=O) groups is 1. The van der Waals surface area contributed by atoms with Crippen LogP contribution in [0.2, 0.25) is 0 Å². The Morgan fingerprint density at radius 1 is 0.871 bits per heavy atom. The fourth-order valence-electron chi connectivity index (χ4n) is 11.0. The van der Waals surface area contributed by atoms with Gasteiger partial charge in [0.25, 0.3) is 0 Å². The SMILES string of the molecule is C=C(C)C1CC[C@]2(C(=O)O)CCC3C(CCC4[C@@]3(C)CCC3[C@@H](C)[C@@H](C)CC[C@@]34C)C12. The third-order valence-electron chi connectivity index (χ3n) is 12.7. The monoisotopic (exact) mass is 426 g/mol. The van der Waals surface area contributed by atoms with Crippen LogP contribution < -0.4 is 0 Å². The van der Waals surface area contributed by atoms with Crippen LogP contribution in [0.5, 0.6) is 0 Å². The van der Waals surface area contributed by atoms with E-state index >= 15 is 0 Å². The maximum absolute atomic E-state index is 12.6. The average molecular weight is 427 g/mol. The summed E-state index contributed by atoms with van der Waals surface area (Å²) < 4.78 is 0. The summed E-state index contributed by atoms with van der Waals surface area (Å²) >= 11 is 0. The van der Waals surface area contributed by atoms with Crippen LogP contribution in [-0.2, 0) is 4.79 Å². The molecule has 2 nitrogen and oxygen atoms in total. The predicted molar refractivity (Wildman–Crippen MR) is 127 cm³/mol. The Kier molecular flexibility index (Phi) is 5.05. The molecule has 31 heavy (non-hydrogen) atoms. The van der Waals surface area contributed by atoms with E-state index in [-0.39, 0.29) is 0 Å². The molecule has 0 aromatic rings. The van der Waals surface area contributed by atoms with Crippen molar-refractivity contribution in [3.8, 4) is 0 Å². The first-order chi connectivity index (χ1) is 14.6. The number of allylic oxidation sites excluding steroid dienone is 1. The van der Waals surface area contributed by atoms with Crippen LogP contribution in [0.15, 0.2) is 12.2 Å². The van der Waals surface area contributed by atoms with E-state index in [0.29, 0.717) is 28.6 Å². The van der Waals surface area contributed by atoms with Crippen molar-refractivity contribution in [2.75, 3.05) is 0 Å². The van der Waals surface area contributed by atoms with E-state index in [1.807, 2.05) is 0 Å². The van der Waals surface area contributed by atoms with Crippen molar-refractivity contribution >= 4 is 5.97 Å². The molecule has 0 spiro atoms. The van der Waals surface area contributed by atoms with E-state index in [4.69, 9.17) is 0 Å². The predicted octanol–water partition coefficient (Wildman–Crippen LogP) is 7.58. The zero-order chi connectivity index (χ0) is 22.3. The second-order valence-corrected chi connectivity index (χ2v) is 13.4. The molecule has 0 bridgehead atoms. The van der Waals surface area contributed by atoms with E-state index < -0.39 is 11.4 Å². The lowest BCUT2D eigenvalue weighted by molar-refractivity contribution is -0.196. The molecule has 174 valence electrons. The lowest BCUT2D eigenvalue weighted by Gasteiger charge is -2.68. The molecule has 0 heterocycles. The molecule has 5 rings (SSSR count). The van der Waals surface area contributed by atoms with Gasteiger partial charge in [-0.05, 0) is 129 Å². The summed E-state index contributed by atoms with van der Waals surface area (Å²) in [5.41, 5.74) is 1.67. The largest absolute Gasteiger partial charge is 0.481 e. The first kappa shape index (κ1) is 22.0.